The van der Waals surface area contributed by atoms with Gasteiger partial charge < -0.3 is 9.47 Å². The van der Waals surface area contributed by atoms with Gasteiger partial charge in [-0.15, -0.1) is 0 Å². The number of nitrogens with zero attached hydrogens (tertiary/aromatic N) is 1. The van der Waals surface area contributed by atoms with Crippen LogP contribution in [-0.2, 0) is 21.8 Å². The summed E-state index contributed by atoms with van der Waals surface area (Å²) in [5, 5.41) is 0. The largest absolute Gasteiger partial charge is 0.458 e. The molecule has 0 N–H and O–H groups in total. The van der Waals surface area contributed by atoms with Gasteiger partial charge in [0.1, 0.15) is 12.2 Å². The molecule has 5 nitrogen and oxygen atoms in total. The number of benzene rings is 2. The van der Waals surface area contributed by atoms with Crippen LogP contribution in [0.2, 0.25) is 0 Å². The molecule has 9 fully saturated rings. The molecule has 1 unspecified atom stereocenters. The molecule has 6 aliphatic carbocycles. The summed E-state index contributed by atoms with van der Waals surface area (Å²) in [5.74, 6) is -1.33. The SMILES string of the molecule is C=C1[C@H]2C[C@@H]3[C@H]4N5C[C@]6(C)CCC[C@]47[C@H]([C@H]2OC(=O)c2ccc(C(F)(F)F)cc2)[C@]3(C[C@H]5[C@H]67)[C@@H]1OC(=O)c1ccc(C(F)(F)F)cc1. The monoisotopic (exact) mass is 657 g/mol. The average Bonchev–Trinajstić information content (AvgIpc) is 3.44. The third-order valence-corrected chi connectivity index (χ3v) is 13.6. The Balaban J connectivity index is 1.10. The van der Waals surface area contributed by atoms with Crippen LogP contribution in [0.15, 0.2) is 60.7 Å². The minimum Gasteiger partial charge on any atom is -0.458 e. The number of piperidine rings is 2. The van der Waals surface area contributed by atoms with Gasteiger partial charge in [0.25, 0.3) is 0 Å². The lowest BCUT2D eigenvalue weighted by Crippen LogP contribution is -2.69. The molecule has 2 aromatic rings. The highest BCUT2D eigenvalue weighted by atomic mass is 19.4. The van der Waals surface area contributed by atoms with Gasteiger partial charge in [-0.25, -0.2) is 9.59 Å². The minimum atomic E-state index is -4.54. The van der Waals surface area contributed by atoms with Gasteiger partial charge in [0.05, 0.1) is 22.3 Å². The maximum absolute atomic E-state index is 13.7. The Bertz CT molecular complexity index is 1720. The lowest BCUT2D eigenvalue weighted by molar-refractivity contribution is -0.213. The zero-order chi connectivity index (χ0) is 33.1. The fourth-order valence-corrected chi connectivity index (χ4v) is 12.7. The van der Waals surface area contributed by atoms with Crippen LogP contribution in [0.25, 0.3) is 0 Å². The zero-order valence-electron chi connectivity index (χ0n) is 25.5. The quantitative estimate of drug-likeness (QED) is 0.193. The number of alkyl halides is 6. The lowest BCUT2D eigenvalue weighted by Gasteiger charge is -2.66. The summed E-state index contributed by atoms with van der Waals surface area (Å²) < 4.78 is 92.0. The highest BCUT2D eigenvalue weighted by molar-refractivity contribution is 5.90. The summed E-state index contributed by atoms with van der Waals surface area (Å²) in [5.41, 5.74) is -1.63. The molecule has 9 bridgehead atoms. The fraction of sp³-hybridized carbons (Fsp3) is 0.556. The molecule has 11 heteroatoms. The van der Waals surface area contributed by atoms with E-state index in [-0.39, 0.29) is 45.8 Å². The average molecular weight is 658 g/mol. The van der Waals surface area contributed by atoms with E-state index in [9.17, 15) is 35.9 Å². The number of hydrogen-bond donors (Lipinski definition) is 0. The molecule has 3 aliphatic heterocycles. The standard InChI is InChI=1S/C36H33F6NO4/c1-17-22-14-23-28-33-13-3-12-32(2)16-43(28)24(26(32)33)15-34(23,29(17)47-31(45)19-6-10-21(11-7-19)36(40,41)42)27(33)25(22)46-30(44)18-4-8-20(9-5-18)35(37,38)39/h4-11,22-29H,1,3,12-16H2,2H3/t22-,23-,24+,25+,26-,27+,28-,29-,32+,33+,34-/m1/s1. The number of halogens is 6. The molecule has 3 heterocycles. The molecule has 9 aliphatic rings. The van der Waals surface area contributed by atoms with Gasteiger partial charge >= 0.3 is 24.3 Å². The Kier molecular flexibility index (Phi) is 5.71. The van der Waals surface area contributed by atoms with Crippen molar-refractivity contribution in [3.8, 4) is 0 Å². The zero-order valence-corrected chi connectivity index (χ0v) is 25.5. The van der Waals surface area contributed by atoms with Gasteiger partial charge in [0.2, 0.25) is 0 Å². The van der Waals surface area contributed by atoms with Crippen LogP contribution < -0.4 is 0 Å². The molecule has 0 radical (unpaired) electrons. The van der Waals surface area contributed by atoms with E-state index in [1.165, 1.54) is 0 Å². The van der Waals surface area contributed by atoms with Crippen LogP contribution in [-0.4, -0.2) is 47.7 Å². The van der Waals surface area contributed by atoms with E-state index < -0.39 is 53.0 Å². The first-order chi connectivity index (χ1) is 22.1. The highest BCUT2D eigenvalue weighted by Crippen LogP contribution is 2.87. The minimum absolute atomic E-state index is 0.0195. The molecule has 248 valence electrons. The van der Waals surface area contributed by atoms with Crippen LogP contribution in [0.4, 0.5) is 26.3 Å². The first kappa shape index (κ1) is 29.8. The molecule has 2 spiro atoms. The molecule has 2 aromatic carbocycles. The number of carbonyl (C=O) groups excluding carboxylic acids is 2. The third-order valence-electron chi connectivity index (χ3n) is 13.6. The molecule has 12 atom stereocenters. The lowest BCUT2D eigenvalue weighted by atomic mass is 9.39. The smallest absolute Gasteiger partial charge is 0.416 e. The third kappa shape index (κ3) is 3.56. The number of ether oxygens (including phenoxy) is 2. The van der Waals surface area contributed by atoms with Crippen LogP contribution in [0.1, 0.15) is 70.9 Å². The second-order valence-electron chi connectivity index (χ2n) is 15.4. The van der Waals surface area contributed by atoms with Crippen molar-refractivity contribution in [2.75, 3.05) is 6.54 Å². The molecule has 0 aromatic heterocycles. The van der Waals surface area contributed by atoms with Crippen molar-refractivity contribution in [1.82, 2.24) is 4.90 Å². The summed E-state index contributed by atoms with van der Waals surface area (Å²) in [6.07, 6.45) is -5.79. The maximum Gasteiger partial charge on any atom is 0.416 e. The first-order valence-corrected chi connectivity index (χ1v) is 16.3. The van der Waals surface area contributed by atoms with Gasteiger partial charge in [0.15, 0.2) is 0 Å². The molecule has 6 saturated carbocycles. The molecule has 0 amide bonds. The summed E-state index contributed by atoms with van der Waals surface area (Å²) >= 11 is 0. The Morgan fingerprint density at radius 2 is 1.40 bits per heavy atom. The van der Waals surface area contributed by atoms with Crippen molar-refractivity contribution in [3.05, 3.63) is 82.9 Å². The molecular formula is C36H33F6NO4. The van der Waals surface area contributed by atoms with Crippen molar-refractivity contribution >= 4 is 11.9 Å². The Hall–Kier alpha value is -3.34. The number of rotatable bonds is 4. The number of esters is 2. The van der Waals surface area contributed by atoms with Gasteiger partial charge in [-0.2, -0.15) is 26.3 Å². The van der Waals surface area contributed by atoms with Crippen molar-refractivity contribution in [2.45, 2.75) is 75.7 Å². The Morgan fingerprint density at radius 3 is 1.98 bits per heavy atom. The van der Waals surface area contributed by atoms with Gasteiger partial charge in [-0.1, -0.05) is 19.9 Å². The van der Waals surface area contributed by atoms with Gasteiger partial charge in [-0.3, -0.25) is 4.90 Å². The van der Waals surface area contributed by atoms with Crippen LogP contribution in [0.3, 0.4) is 0 Å². The number of hydrogen-bond acceptors (Lipinski definition) is 5. The topological polar surface area (TPSA) is 55.8 Å². The van der Waals surface area contributed by atoms with E-state index in [2.05, 4.69) is 18.4 Å². The predicted octanol–water partition coefficient (Wildman–Crippen LogP) is 7.56. The van der Waals surface area contributed by atoms with E-state index in [1.54, 1.807) is 0 Å². The second kappa shape index (κ2) is 9.01. The molecule has 3 saturated heterocycles. The maximum atomic E-state index is 13.7. The highest BCUT2D eigenvalue weighted by Gasteiger charge is 2.90. The summed E-state index contributed by atoms with van der Waals surface area (Å²) in [6, 6.07) is 8.59. The first-order valence-electron chi connectivity index (χ1n) is 16.3. The Labute approximate surface area is 267 Å². The number of carbonyl (C=O) groups is 2. The van der Waals surface area contributed by atoms with E-state index in [4.69, 9.17) is 9.47 Å². The summed E-state index contributed by atoms with van der Waals surface area (Å²) in [4.78, 5) is 30.0. The molecule has 47 heavy (non-hydrogen) atoms. The van der Waals surface area contributed by atoms with Gasteiger partial charge in [-0.05, 0) is 102 Å². The molecular weight excluding hydrogens is 624 g/mol. The van der Waals surface area contributed by atoms with Crippen LogP contribution >= 0.6 is 0 Å². The van der Waals surface area contributed by atoms with E-state index in [1.807, 2.05) is 0 Å². The number of fused-ring (bicyclic) bond motifs is 1. The van der Waals surface area contributed by atoms with Crippen molar-refractivity contribution in [3.63, 3.8) is 0 Å². The fourth-order valence-electron chi connectivity index (χ4n) is 12.7. The second-order valence-corrected chi connectivity index (χ2v) is 15.4. The van der Waals surface area contributed by atoms with Crippen LogP contribution in [0.5, 0.6) is 0 Å². The van der Waals surface area contributed by atoms with E-state index in [0.29, 0.717) is 24.0 Å². The van der Waals surface area contributed by atoms with Gasteiger partial charge in [0, 0.05) is 35.9 Å². The van der Waals surface area contributed by atoms with E-state index in [0.717, 1.165) is 80.8 Å². The predicted molar refractivity (Wildman–Crippen MR) is 155 cm³/mol. The normalized spacial score (nSPS) is 43.4. The summed E-state index contributed by atoms with van der Waals surface area (Å²) in [6.45, 7) is 7.78. The van der Waals surface area contributed by atoms with Crippen molar-refractivity contribution < 1.29 is 45.4 Å². The van der Waals surface area contributed by atoms with Crippen LogP contribution in [0, 0.1) is 39.9 Å². The Morgan fingerprint density at radius 1 is 0.830 bits per heavy atom. The van der Waals surface area contributed by atoms with Crippen molar-refractivity contribution in [1.29, 1.82) is 0 Å². The van der Waals surface area contributed by atoms with E-state index >= 15 is 0 Å². The summed E-state index contributed by atoms with van der Waals surface area (Å²) in [7, 11) is 0. The van der Waals surface area contributed by atoms with Crippen molar-refractivity contribution in [2.24, 2.45) is 39.9 Å². The molecule has 11 rings (SSSR count).